The maximum atomic E-state index is 11.0. The Balaban J connectivity index is 1.70. The minimum Gasteiger partial charge on any atom is -0.476 e. The number of hydrogen-bond donors (Lipinski definition) is 4. The highest BCUT2D eigenvalue weighted by molar-refractivity contribution is 7.22. The quantitative estimate of drug-likeness (QED) is 0.189. The van der Waals surface area contributed by atoms with Crippen LogP contribution >= 0.6 is 9.24 Å². The summed E-state index contributed by atoms with van der Waals surface area (Å²) in [6.07, 6.45) is 1.97. The van der Waals surface area contributed by atoms with Crippen LogP contribution in [-0.2, 0) is 4.79 Å². The van der Waals surface area contributed by atoms with Crippen molar-refractivity contribution in [3.8, 4) is 16.9 Å². The summed E-state index contributed by atoms with van der Waals surface area (Å²) in [6, 6.07) is 15.8. The second kappa shape index (κ2) is 8.25. The van der Waals surface area contributed by atoms with Crippen molar-refractivity contribution in [3.63, 3.8) is 0 Å². The van der Waals surface area contributed by atoms with E-state index in [9.17, 15) is 4.79 Å². The van der Waals surface area contributed by atoms with E-state index in [1.165, 1.54) is 5.56 Å². The molecule has 8 heteroatoms. The van der Waals surface area contributed by atoms with Crippen LogP contribution in [0.25, 0.3) is 11.1 Å². The number of ether oxygens (including phenoxy) is 1. The lowest BCUT2D eigenvalue weighted by molar-refractivity contribution is -0.132. The number of carboxylic acid groups (broad SMARTS) is 1. The van der Waals surface area contributed by atoms with Gasteiger partial charge in [-0.05, 0) is 47.6 Å². The van der Waals surface area contributed by atoms with Gasteiger partial charge < -0.3 is 15.6 Å². The van der Waals surface area contributed by atoms with Gasteiger partial charge in [-0.3, -0.25) is 5.43 Å². The molecule has 6 nitrogen and oxygen atoms in total. The number of nitrogens with one attached hydrogen (secondary N) is 2. The van der Waals surface area contributed by atoms with Crippen molar-refractivity contribution in [1.29, 1.82) is 0 Å². The highest BCUT2D eigenvalue weighted by Crippen LogP contribution is 2.48. The standard InChI is InChI=1S/C20H23BN3O3P/c1-23-24-18(17(22)19(25)26)27-16-8-6-13(7-9-16)12-2-4-14(5-3-12)15-10-20(21,28)11-15/h2-9,15,23-24H,10-11,22,28H2,1H3,(H,25,26)/b18-17+. The van der Waals surface area contributed by atoms with E-state index >= 15 is 0 Å². The monoisotopic (exact) mass is 395 g/mol. The van der Waals surface area contributed by atoms with Crippen LogP contribution in [0.4, 0.5) is 0 Å². The molecule has 0 aliphatic heterocycles. The molecule has 1 aliphatic rings. The maximum Gasteiger partial charge on any atom is 0.357 e. The fourth-order valence-electron chi connectivity index (χ4n) is 3.23. The van der Waals surface area contributed by atoms with Crippen molar-refractivity contribution in [1.82, 2.24) is 10.9 Å². The van der Waals surface area contributed by atoms with E-state index < -0.39 is 11.7 Å². The first-order valence-corrected chi connectivity index (χ1v) is 9.48. The Bertz CT molecular complexity index is 875. The summed E-state index contributed by atoms with van der Waals surface area (Å²) in [7, 11) is 10.4. The molecule has 1 atom stereocenters. The second-order valence-electron chi connectivity index (χ2n) is 7.01. The normalized spacial score (nSPS) is 22.0. The van der Waals surface area contributed by atoms with Crippen LogP contribution in [0, 0.1) is 0 Å². The number of carbonyl (C=O) groups is 1. The zero-order valence-electron chi connectivity index (χ0n) is 15.6. The molecule has 0 heterocycles. The molecule has 5 N–H and O–H groups in total. The van der Waals surface area contributed by atoms with Crippen LogP contribution < -0.4 is 21.3 Å². The molecule has 2 aromatic carbocycles. The number of aliphatic carboxylic acids is 1. The minimum atomic E-state index is -1.27. The minimum absolute atomic E-state index is 0.0716. The van der Waals surface area contributed by atoms with Gasteiger partial charge in [0.2, 0.25) is 5.88 Å². The van der Waals surface area contributed by atoms with Crippen LogP contribution in [0.5, 0.6) is 5.75 Å². The van der Waals surface area contributed by atoms with Crippen molar-refractivity contribution in [2.75, 3.05) is 7.05 Å². The number of carboxylic acids is 1. The molecule has 3 rings (SSSR count). The molecular weight excluding hydrogens is 372 g/mol. The Kier molecular flexibility index (Phi) is 5.97. The van der Waals surface area contributed by atoms with Crippen molar-refractivity contribution in [2.24, 2.45) is 5.73 Å². The summed E-state index contributed by atoms with van der Waals surface area (Å²) in [5.74, 6) is -0.347. The molecule has 28 heavy (non-hydrogen) atoms. The second-order valence-corrected chi connectivity index (χ2v) is 8.16. The van der Waals surface area contributed by atoms with Crippen LogP contribution in [-0.4, -0.2) is 31.0 Å². The number of nitrogens with two attached hydrogens (primary N) is 1. The molecule has 0 aromatic heterocycles. The number of rotatable bonds is 7. The smallest absolute Gasteiger partial charge is 0.357 e. The highest BCUT2D eigenvalue weighted by Gasteiger charge is 2.36. The van der Waals surface area contributed by atoms with Gasteiger partial charge in [0.25, 0.3) is 0 Å². The van der Waals surface area contributed by atoms with Gasteiger partial charge in [0.15, 0.2) is 5.70 Å². The molecule has 0 saturated heterocycles. The largest absolute Gasteiger partial charge is 0.476 e. The van der Waals surface area contributed by atoms with Gasteiger partial charge in [-0.2, -0.15) is 0 Å². The Morgan fingerprint density at radius 3 is 2.18 bits per heavy atom. The van der Waals surface area contributed by atoms with E-state index in [2.05, 4.69) is 44.4 Å². The van der Waals surface area contributed by atoms with Gasteiger partial charge in [-0.1, -0.05) is 41.5 Å². The van der Waals surface area contributed by atoms with Crippen molar-refractivity contribution in [2.45, 2.75) is 23.8 Å². The molecule has 1 saturated carbocycles. The lowest BCUT2D eigenvalue weighted by atomic mass is 9.61. The van der Waals surface area contributed by atoms with E-state index in [-0.39, 0.29) is 10.9 Å². The summed E-state index contributed by atoms with van der Waals surface area (Å²) in [4.78, 5) is 11.0. The van der Waals surface area contributed by atoms with Gasteiger partial charge in [0, 0.05) is 7.05 Å². The first-order valence-electron chi connectivity index (χ1n) is 8.91. The topological polar surface area (TPSA) is 96.6 Å². The third kappa shape index (κ3) is 4.67. The molecule has 2 aromatic rings. The third-order valence-corrected chi connectivity index (χ3v) is 5.23. The fourth-order valence-corrected chi connectivity index (χ4v) is 3.80. The number of hydrogen-bond acceptors (Lipinski definition) is 5. The predicted octanol–water partition coefficient (Wildman–Crippen LogP) is 2.29. The van der Waals surface area contributed by atoms with E-state index in [4.69, 9.17) is 23.4 Å². The Hall–Kier alpha value is -2.50. The summed E-state index contributed by atoms with van der Waals surface area (Å²) in [5.41, 5.74) is 13.7. The van der Waals surface area contributed by atoms with E-state index in [1.807, 2.05) is 12.1 Å². The average molecular weight is 395 g/mol. The zero-order valence-corrected chi connectivity index (χ0v) is 16.8. The van der Waals surface area contributed by atoms with Crippen molar-refractivity contribution < 1.29 is 14.6 Å². The van der Waals surface area contributed by atoms with Gasteiger partial charge in [0.1, 0.15) is 5.75 Å². The van der Waals surface area contributed by atoms with Gasteiger partial charge in [-0.25, -0.2) is 10.2 Å². The van der Waals surface area contributed by atoms with E-state index in [0.717, 1.165) is 24.0 Å². The van der Waals surface area contributed by atoms with Crippen LogP contribution in [0.15, 0.2) is 60.1 Å². The third-order valence-electron chi connectivity index (χ3n) is 4.76. The zero-order chi connectivity index (χ0) is 20.3. The van der Waals surface area contributed by atoms with Crippen molar-refractivity contribution >= 4 is 23.1 Å². The van der Waals surface area contributed by atoms with Crippen LogP contribution in [0.3, 0.4) is 0 Å². The Morgan fingerprint density at radius 2 is 1.71 bits per heavy atom. The summed E-state index contributed by atoms with van der Waals surface area (Å²) >= 11 is 0. The molecular formula is C20H23BN3O3P. The highest BCUT2D eigenvalue weighted by atomic mass is 31.0. The molecule has 2 radical (unpaired) electrons. The summed E-state index contributed by atoms with van der Waals surface area (Å²) < 4.78 is 5.55. The maximum absolute atomic E-state index is 11.0. The van der Waals surface area contributed by atoms with Crippen LogP contribution in [0.2, 0.25) is 0 Å². The first kappa shape index (κ1) is 20.2. The van der Waals surface area contributed by atoms with E-state index in [0.29, 0.717) is 11.7 Å². The van der Waals surface area contributed by atoms with Gasteiger partial charge in [0.05, 0.1) is 7.85 Å². The van der Waals surface area contributed by atoms with Crippen molar-refractivity contribution in [3.05, 3.63) is 65.7 Å². The Labute approximate surface area is 168 Å². The molecule has 0 amide bonds. The molecule has 1 unspecified atom stereocenters. The molecule has 1 aliphatic carbocycles. The molecule has 0 spiro atoms. The first-order chi connectivity index (χ1) is 13.3. The van der Waals surface area contributed by atoms with Gasteiger partial charge in [-0.15, -0.1) is 9.24 Å². The molecule has 144 valence electrons. The summed E-state index contributed by atoms with van der Waals surface area (Å²) in [5, 5.41) is 8.91. The number of hydrazine groups is 1. The fraction of sp³-hybridized carbons (Fsp3) is 0.250. The number of benzene rings is 2. The molecule has 0 bridgehead atoms. The van der Waals surface area contributed by atoms with E-state index in [1.54, 1.807) is 19.2 Å². The Morgan fingerprint density at radius 1 is 1.18 bits per heavy atom. The molecule has 1 fully saturated rings. The summed E-state index contributed by atoms with van der Waals surface area (Å²) in [6.45, 7) is 0. The van der Waals surface area contributed by atoms with Gasteiger partial charge >= 0.3 is 5.97 Å². The lowest BCUT2D eigenvalue weighted by Crippen LogP contribution is -2.36. The average Bonchev–Trinajstić information content (AvgIpc) is 2.66. The SMILES string of the molecule is [B]C1(P)CC(c2ccc(-c3ccc(O/C(NNC)=C(/N)C(=O)O)cc3)cc2)C1. The lowest BCUT2D eigenvalue weighted by Gasteiger charge is -2.43. The van der Waals surface area contributed by atoms with Crippen LogP contribution in [0.1, 0.15) is 24.3 Å². The predicted molar refractivity (Wildman–Crippen MR) is 114 cm³/mol.